The van der Waals surface area contributed by atoms with Gasteiger partial charge in [-0.1, -0.05) is 18.2 Å². The fourth-order valence-corrected chi connectivity index (χ4v) is 2.70. The van der Waals surface area contributed by atoms with Gasteiger partial charge in [0.1, 0.15) is 0 Å². The zero-order valence-corrected chi connectivity index (χ0v) is 14.8. The normalized spacial score (nSPS) is 22.3. The molecule has 2 atom stereocenters. The molecule has 26 heavy (non-hydrogen) atoms. The van der Waals surface area contributed by atoms with Gasteiger partial charge in [0.05, 0.1) is 27.4 Å². The Hall–Kier alpha value is -2.70. The maximum atomic E-state index is 11.6. The lowest BCUT2D eigenvalue weighted by Crippen LogP contribution is -2.20. The Morgan fingerprint density at radius 1 is 0.923 bits per heavy atom. The Kier molecular flexibility index (Phi) is 6.89. The minimum atomic E-state index is -0.373. The molecular weight excluding hydrogens is 336 g/mol. The number of ether oxygens (including phenoxy) is 2. The lowest BCUT2D eigenvalue weighted by Gasteiger charge is -2.20. The fourth-order valence-electron chi connectivity index (χ4n) is 2.70. The van der Waals surface area contributed by atoms with E-state index in [9.17, 15) is 19.8 Å². The van der Waals surface area contributed by atoms with E-state index in [4.69, 9.17) is 9.47 Å². The minimum absolute atomic E-state index is 0.0280. The van der Waals surface area contributed by atoms with Crippen molar-refractivity contribution in [3.8, 4) is 0 Å². The monoisotopic (exact) mass is 359 g/mol. The molecule has 0 unspecified atom stereocenters. The minimum Gasteiger partial charge on any atom is -0.493 e. The highest BCUT2D eigenvalue weighted by atomic mass is 16.5. The molecule has 2 aliphatic carbocycles. The standard InChI is InChI=1S/C20H22O6/c1-25-19-9-13(3-5-17(19)23)7-15(11-21)16(12-22)8-14-4-6-18(24)20(10-14)26-2/h3-10,15-16,21-22H,11-12H2,1-2H3/p+1/b13-7-,14-8-/t15-,16+. The second-order valence-electron chi connectivity index (χ2n) is 5.87. The summed E-state index contributed by atoms with van der Waals surface area (Å²) in [5.41, 5.74) is 1.47. The first-order chi connectivity index (χ1) is 12.5. The van der Waals surface area contributed by atoms with Crippen LogP contribution in [0.15, 0.2) is 71.3 Å². The van der Waals surface area contributed by atoms with Gasteiger partial charge >= 0.3 is 5.78 Å². The molecule has 0 saturated heterocycles. The maximum Gasteiger partial charge on any atom is 0.381 e. The van der Waals surface area contributed by atoms with Crippen molar-refractivity contribution >= 4 is 11.6 Å². The van der Waals surface area contributed by atoms with Gasteiger partial charge in [0.15, 0.2) is 5.76 Å². The zero-order chi connectivity index (χ0) is 19.1. The Balaban J connectivity index is 2.27. The van der Waals surface area contributed by atoms with Gasteiger partial charge in [-0.3, -0.25) is 9.59 Å². The third-order valence-corrected chi connectivity index (χ3v) is 4.18. The molecule has 6 heteroatoms. The largest absolute Gasteiger partial charge is 0.493 e. The number of hydrogen-bond donors (Lipinski definition) is 2. The van der Waals surface area contributed by atoms with Gasteiger partial charge in [-0.2, -0.15) is 0 Å². The Bertz CT molecular complexity index is 684. The fraction of sp³-hybridized carbons (Fsp3) is 0.300. The maximum absolute atomic E-state index is 11.6. The highest BCUT2D eigenvalue weighted by molar-refractivity contribution is 6.05. The third-order valence-electron chi connectivity index (χ3n) is 4.18. The van der Waals surface area contributed by atoms with E-state index in [1.165, 1.54) is 26.4 Å². The van der Waals surface area contributed by atoms with Crippen molar-refractivity contribution in [2.24, 2.45) is 11.8 Å². The molecule has 2 rings (SSSR count). The molecule has 0 aromatic heterocycles. The highest BCUT2D eigenvalue weighted by Gasteiger charge is 2.21. The molecule has 2 aliphatic rings. The summed E-state index contributed by atoms with van der Waals surface area (Å²) >= 11 is 0. The number of rotatable bonds is 7. The smallest absolute Gasteiger partial charge is 0.381 e. The summed E-state index contributed by atoms with van der Waals surface area (Å²) < 4.78 is 10.1. The Morgan fingerprint density at radius 2 is 1.42 bits per heavy atom. The van der Waals surface area contributed by atoms with Gasteiger partial charge in [-0.25, -0.2) is 0 Å². The number of ketones is 2. The lowest BCUT2D eigenvalue weighted by molar-refractivity contribution is -0.114. The number of methoxy groups -OCH3 is 2. The first-order valence-electron chi connectivity index (χ1n) is 8.15. The van der Waals surface area contributed by atoms with Crippen molar-refractivity contribution < 1.29 is 29.3 Å². The number of aliphatic hydroxyl groups is 2. The van der Waals surface area contributed by atoms with Crippen molar-refractivity contribution in [3.63, 3.8) is 0 Å². The van der Waals surface area contributed by atoms with Crippen molar-refractivity contribution in [2.45, 2.75) is 0 Å². The van der Waals surface area contributed by atoms with Crippen LogP contribution in [0, 0.1) is 11.8 Å². The summed E-state index contributed by atoms with van der Waals surface area (Å²) in [5.74, 6) is -0.375. The molecule has 0 aromatic carbocycles. The number of carbonyl (C=O) groups is 1. The molecule has 0 radical (unpaired) electrons. The predicted octanol–water partition coefficient (Wildman–Crippen LogP) is 1.37. The molecule has 0 saturated carbocycles. The highest BCUT2D eigenvalue weighted by Crippen LogP contribution is 2.24. The van der Waals surface area contributed by atoms with Crippen LogP contribution < -0.4 is 0 Å². The number of hydrogen-bond acceptors (Lipinski definition) is 5. The number of allylic oxidation sites excluding steroid dienone is 8. The van der Waals surface area contributed by atoms with Gasteiger partial charge in [-0.05, 0) is 35.5 Å². The van der Waals surface area contributed by atoms with Crippen molar-refractivity contribution in [1.29, 1.82) is 0 Å². The van der Waals surface area contributed by atoms with Crippen molar-refractivity contribution in [1.82, 2.24) is 0 Å². The van der Waals surface area contributed by atoms with Crippen LogP contribution >= 0.6 is 0 Å². The zero-order valence-electron chi connectivity index (χ0n) is 14.8. The van der Waals surface area contributed by atoms with Crippen molar-refractivity contribution in [2.75, 3.05) is 27.4 Å². The first-order valence-corrected chi connectivity index (χ1v) is 8.15. The van der Waals surface area contributed by atoms with Gasteiger partial charge in [0, 0.05) is 17.9 Å². The second kappa shape index (κ2) is 9.12. The summed E-state index contributed by atoms with van der Waals surface area (Å²) in [6.45, 7) is -0.361. The van der Waals surface area contributed by atoms with Gasteiger partial charge in [0.25, 0.3) is 0 Å². The third kappa shape index (κ3) is 4.68. The summed E-state index contributed by atoms with van der Waals surface area (Å²) in [6, 6.07) is 0. The van der Waals surface area contributed by atoms with E-state index in [1.807, 2.05) is 0 Å². The topological polar surface area (TPSA) is 97.4 Å². The Morgan fingerprint density at radius 3 is 1.92 bits per heavy atom. The lowest BCUT2D eigenvalue weighted by atomic mass is 9.88. The van der Waals surface area contributed by atoms with E-state index in [1.54, 1.807) is 36.5 Å². The van der Waals surface area contributed by atoms with Crippen LogP contribution in [0.1, 0.15) is 0 Å². The molecule has 0 amide bonds. The van der Waals surface area contributed by atoms with Crippen LogP contribution in [-0.2, 0) is 14.3 Å². The summed E-state index contributed by atoms with van der Waals surface area (Å²) in [5, 5.41) is 19.5. The van der Waals surface area contributed by atoms with E-state index in [2.05, 4.69) is 0 Å². The van der Waals surface area contributed by atoms with Crippen LogP contribution in [0.25, 0.3) is 0 Å². The van der Waals surface area contributed by atoms with Crippen LogP contribution in [0.4, 0.5) is 0 Å². The van der Waals surface area contributed by atoms with Crippen LogP contribution in [0.3, 0.4) is 0 Å². The summed E-state index contributed by atoms with van der Waals surface area (Å²) in [6.07, 6.45) is 13.1. The molecule has 138 valence electrons. The molecule has 6 nitrogen and oxygen atoms in total. The molecule has 0 bridgehead atoms. The van der Waals surface area contributed by atoms with Gasteiger partial charge in [-0.15, -0.1) is 0 Å². The SMILES string of the molecule is COC1=C/C(=C\[C@H](CO)[C@@H](/C=C2/C=CC(=[OH+])C(OC)=C2)CO)C=CC1=O. The predicted molar refractivity (Wildman–Crippen MR) is 97.7 cm³/mol. The molecule has 3 N–H and O–H groups in total. The van der Waals surface area contributed by atoms with E-state index in [0.29, 0.717) is 5.76 Å². The molecule has 0 heterocycles. The molecule has 0 aliphatic heterocycles. The second-order valence-corrected chi connectivity index (χ2v) is 5.87. The van der Waals surface area contributed by atoms with Gasteiger partial charge in [0.2, 0.25) is 11.5 Å². The van der Waals surface area contributed by atoms with E-state index in [0.717, 1.165) is 11.1 Å². The number of carbonyl (C=O) groups excluding carboxylic acids is 2. The van der Waals surface area contributed by atoms with E-state index in [-0.39, 0.29) is 42.4 Å². The van der Waals surface area contributed by atoms with E-state index < -0.39 is 0 Å². The molecular formula is C20H23O6+. The van der Waals surface area contributed by atoms with Crippen LogP contribution in [0.2, 0.25) is 0 Å². The Labute approximate surface area is 152 Å². The molecule has 0 fully saturated rings. The summed E-state index contributed by atoms with van der Waals surface area (Å²) in [7, 11) is 2.88. The average molecular weight is 359 g/mol. The van der Waals surface area contributed by atoms with Crippen LogP contribution in [-0.4, -0.2) is 54.0 Å². The van der Waals surface area contributed by atoms with Gasteiger partial charge < -0.3 is 19.7 Å². The summed E-state index contributed by atoms with van der Waals surface area (Å²) in [4.78, 5) is 21.3. The van der Waals surface area contributed by atoms with Crippen molar-refractivity contribution in [3.05, 3.63) is 71.3 Å². The molecule has 0 aromatic rings. The number of aliphatic hydroxyl groups excluding tert-OH is 2. The average Bonchev–Trinajstić information content (AvgIpc) is 2.66. The van der Waals surface area contributed by atoms with E-state index >= 15 is 0 Å². The quantitative estimate of drug-likeness (QED) is 0.669. The first kappa shape index (κ1) is 19.6. The molecule has 0 spiro atoms. The van der Waals surface area contributed by atoms with Crippen LogP contribution in [0.5, 0.6) is 0 Å².